The number of nitrogens with zero attached hydrogens (tertiary/aromatic N) is 4. The molecule has 1 aromatic heterocycles. The normalized spacial score (nSPS) is 30.9. The fourth-order valence-corrected chi connectivity index (χ4v) is 8.34. The molecule has 4 aliphatic rings. The second-order valence-corrected chi connectivity index (χ2v) is 12.4. The van der Waals surface area contributed by atoms with E-state index in [9.17, 15) is 14.4 Å². The molecule has 2 aliphatic heterocycles. The van der Waals surface area contributed by atoms with Gasteiger partial charge in [-0.2, -0.15) is 0 Å². The second kappa shape index (κ2) is 11.3. The second-order valence-electron chi connectivity index (χ2n) is 12.4. The monoisotopic (exact) mass is 548 g/mol. The number of hydrogen-bond donors (Lipinski definition) is 2. The summed E-state index contributed by atoms with van der Waals surface area (Å²) in [6, 6.07) is 8.97. The minimum Gasteiger partial charge on any atom is -0.385 e. The first-order chi connectivity index (χ1) is 19.4. The maximum Gasteiger partial charge on any atom is 0.279 e. The van der Waals surface area contributed by atoms with Crippen LogP contribution in [0.5, 0.6) is 0 Å². The topological polar surface area (TPSA) is 146 Å². The van der Waals surface area contributed by atoms with Gasteiger partial charge in [0.2, 0.25) is 0 Å². The van der Waals surface area contributed by atoms with Crippen LogP contribution in [0.25, 0.3) is 11.0 Å². The Bertz CT molecular complexity index is 1340. The summed E-state index contributed by atoms with van der Waals surface area (Å²) in [5.74, 6) is 0.0120. The average Bonchev–Trinajstić information content (AvgIpc) is 3.09. The van der Waals surface area contributed by atoms with Crippen molar-refractivity contribution in [2.75, 3.05) is 6.61 Å². The van der Waals surface area contributed by atoms with Gasteiger partial charge in [0.05, 0.1) is 11.0 Å². The summed E-state index contributed by atoms with van der Waals surface area (Å²) in [6.07, 6.45) is 14.9. The zero-order chi connectivity index (χ0) is 27.8. The summed E-state index contributed by atoms with van der Waals surface area (Å²) < 4.78 is 1.81. The molecule has 10 nitrogen and oxygen atoms in total. The van der Waals surface area contributed by atoms with Crippen LogP contribution in [-0.2, 0) is 14.4 Å². The molecule has 3 unspecified atom stereocenters. The lowest BCUT2D eigenvalue weighted by Crippen LogP contribution is -2.58. The number of aromatic nitrogens is 2. The Morgan fingerprint density at radius 3 is 2.20 bits per heavy atom. The number of oxime groups is 1. The molecule has 2 aliphatic carbocycles. The third-order valence-corrected chi connectivity index (χ3v) is 9.76. The van der Waals surface area contributed by atoms with Crippen LogP contribution in [0.15, 0.2) is 34.2 Å². The summed E-state index contributed by atoms with van der Waals surface area (Å²) in [5, 5.41) is 3.71. The van der Waals surface area contributed by atoms with Crippen LogP contribution in [0.2, 0.25) is 0 Å². The van der Waals surface area contributed by atoms with Gasteiger partial charge in [-0.15, -0.1) is 0 Å². The van der Waals surface area contributed by atoms with Gasteiger partial charge < -0.3 is 20.9 Å². The van der Waals surface area contributed by atoms with E-state index in [0.717, 1.165) is 43.0 Å². The van der Waals surface area contributed by atoms with Crippen molar-refractivity contribution in [2.24, 2.45) is 28.5 Å². The molecule has 214 valence electrons. The van der Waals surface area contributed by atoms with E-state index in [4.69, 9.17) is 16.3 Å². The Hall–Kier alpha value is -3.27. The number of carbonyl (C=O) groups is 2. The number of nitrogens with two attached hydrogens (primary N) is 2. The molecule has 6 rings (SSSR count). The fraction of sp³-hybridized carbons (Fsp3) is 0.633. The lowest BCUT2D eigenvalue weighted by molar-refractivity contribution is -0.122. The molecule has 0 radical (unpaired) electrons. The van der Waals surface area contributed by atoms with Crippen LogP contribution in [-0.4, -0.2) is 56.7 Å². The van der Waals surface area contributed by atoms with E-state index in [0.29, 0.717) is 23.6 Å². The molecular formula is C30H40N6O4. The predicted octanol–water partition coefficient (Wildman–Crippen LogP) is 3.00. The highest BCUT2D eigenvalue weighted by atomic mass is 16.6. The van der Waals surface area contributed by atoms with Gasteiger partial charge in [-0.05, 0) is 68.9 Å². The molecule has 2 amide bonds. The van der Waals surface area contributed by atoms with Gasteiger partial charge in [-0.3, -0.25) is 19.3 Å². The van der Waals surface area contributed by atoms with Crippen molar-refractivity contribution in [3.05, 3.63) is 40.3 Å². The Balaban J connectivity index is 1.35. The van der Waals surface area contributed by atoms with Crippen LogP contribution < -0.4 is 17.0 Å². The van der Waals surface area contributed by atoms with Gasteiger partial charge in [0.15, 0.2) is 18.0 Å². The molecular weight excluding hydrogens is 508 g/mol. The number of para-hydroxylation sites is 2. The van der Waals surface area contributed by atoms with Crippen LogP contribution in [0.1, 0.15) is 88.8 Å². The average molecular weight is 549 g/mol. The van der Waals surface area contributed by atoms with E-state index in [1.54, 1.807) is 0 Å². The number of hydrogen-bond acceptors (Lipinski definition) is 7. The highest BCUT2D eigenvalue weighted by Gasteiger charge is 2.45. The number of piperidine rings is 2. The Labute approximate surface area is 234 Å². The van der Waals surface area contributed by atoms with Crippen LogP contribution in [0.3, 0.4) is 0 Å². The van der Waals surface area contributed by atoms with Crippen molar-refractivity contribution >= 4 is 28.6 Å². The van der Waals surface area contributed by atoms with E-state index in [1.807, 2.05) is 28.8 Å². The highest BCUT2D eigenvalue weighted by Crippen LogP contribution is 2.47. The Kier molecular flexibility index (Phi) is 7.61. The molecule has 5 atom stereocenters. The summed E-state index contributed by atoms with van der Waals surface area (Å²) >= 11 is 0. The number of fused-ring (bicyclic) bond motifs is 5. The van der Waals surface area contributed by atoms with Crippen LogP contribution in [0.4, 0.5) is 0 Å². The first-order valence-electron chi connectivity index (χ1n) is 15.0. The maximum absolute atomic E-state index is 14.0. The van der Waals surface area contributed by atoms with E-state index in [-0.39, 0.29) is 11.7 Å². The predicted molar refractivity (Wildman–Crippen MR) is 152 cm³/mol. The molecule has 4 bridgehead atoms. The summed E-state index contributed by atoms with van der Waals surface area (Å²) in [6.45, 7) is -0.538. The van der Waals surface area contributed by atoms with Crippen molar-refractivity contribution in [2.45, 2.75) is 101 Å². The van der Waals surface area contributed by atoms with Gasteiger partial charge in [0.25, 0.3) is 17.4 Å². The quantitative estimate of drug-likeness (QED) is 0.402. The van der Waals surface area contributed by atoms with Gasteiger partial charge in [-0.1, -0.05) is 49.4 Å². The van der Waals surface area contributed by atoms with Gasteiger partial charge in [0.1, 0.15) is 0 Å². The zero-order valence-corrected chi connectivity index (χ0v) is 23.0. The van der Waals surface area contributed by atoms with Crippen molar-refractivity contribution in [1.82, 2.24) is 14.5 Å². The van der Waals surface area contributed by atoms with Crippen molar-refractivity contribution in [3.8, 4) is 0 Å². The van der Waals surface area contributed by atoms with E-state index >= 15 is 0 Å². The maximum atomic E-state index is 14.0. The molecule has 3 heterocycles. The third kappa shape index (κ3) is 5.25. The number of primary amides is 2. The van der Waals surface area contributed by atoms with Crippen molar-refractivity contribution in [1.29, 1.82) is 0 Å². The van der Waals surface area contributed by atoms with Gasteiger partial charge in [-0.25, -0.2) is 4.98 Å². The lowest BCUT2D eigenvalue weighted by atomic mass is 9.73. The van der Waals surface area contributed by atoms with Gasteiger partial charge >= 0.3 is 0 Å². The first-order valence-corrected chi connectivity index (χ1v) is 15.0. The molecule has 10 heteroatoms. The third-order valence-electron chi connectivity index (χ3n) is 9.76. The van der Waals surface area contributed by atoms with Crippen LogP contribution in [0, 0.1) is 11.8 Å². The Morgan fingerprint density at radius 1 is 0.875 bits per heavy atom. The molecule has 2 saturated heterocycles. The van der Waals surface area contributed by atoms with E-state index in [2.05, 4.69) is 15.0 Å². The zero-order valence-electron chi connectivity index (χ0n) is 23.0. The molecule has 2 aromatic rings. The van der Waals surface area contributed by atoms with E-state index < -0.39 is 29.7 Å². The fourth-order valence-electron chi connectivity index (χ4n) is 8.34. The molecule has 1 aromatic carbocycles. The molecule has 40 heavy (non-hydrogen) atoms. The molecule has 4 fully saturated rings. The molecule has 2 saturated carbocycles. The number of carbonyl (C=O) groups excluding carboxylic acids is 2. The summed E-state index contributed by atoms with van der Waals surface area (Å²) in [7, 11) is 0. The summed E-state index contributed by atoms with van der Waals surface area (Å²) in [5.41, 5.74) is 11.0. The van der Waals surface area contributed by atoms with Crippen molar-refractivity contribution in [3.63, 3.8) is 0 Å². The van der Waals surface area contributed by atoms with Crippen LogP contribution >= 0.6 is 0 Å². The van der Waals surface area contributed by atoms with Gasteiger partial charge in [0, 0.05) is 24.2 Å². The smallest absolute Gasteiger partial charge is 0.279 e. The number of rotatable bonds is 7. The first kappa shape index (κ1) is 26.9. The number of benzene rings is 1. The standard InChI is InChI=1S/C30H40N6O4/c31-26(37)17-40-34-27(29(32)38)28-30(39)36(25-11-4-3-10-24(25)33-28)23-15-20-8-5-9-21(16-23)35(20)22-13-18-6-1-2-7-19(12-18)14-22/h3-4,10-11,18-23H,1-2,5-9,12-17H2,(H2,31,37)(H2,32,38)/b34-27-/t18?,19?,20-,21+,22?,23?. The minimum absolute atomic E-state index is 0.0303. The lowest BCUT2D eigenvalue weighted by Gasteiger charge is -2.54. The van der Waals surface area contributed by atoms with E-state index in [1.165, 1.54) is 51.4 Å². The minimum atomic E-state index is -0.957. The Morgan fingerprint density at radius 2 is 1.55 bits per heavy atom. The molecule has 0 spiro atoms. The SMILES string of the molecule is NC(=O)CO/N=C(\C(N)=O)c1nc2ccccc2n(C2C[C@H]3CCC[C@@H](C2)N3C2CC3CCCCC(C3)C2)c1=O. The van der Waals surface area contributed by atoms with Crippen molar-refractivity contribution < 1.29 is 14.4 Å². The largest absolute Gasteiger partial charge is 0.385 e. The molecule has 4 N–H and O–H groups in total. The number of amides is 2. The highest BCUT2D eigenvalue weighted by molar-refractivity contribution is 6.44. The summed E-state index contributed by atoms with van der Waals surface area (Å²) in [4.78, 5) is 49.8.